The van der Waals surface area contributed by atoms with Crippen molar-refractivity contribution in [1.29, 1.82) is 0 Å². The second kappa shape index (κ2) is 5.43. The van der Waals surface area contributed by atoms with Crippen molar-refractivity contribution in [3.8, 4) is 11.3 Å². The minimum absolute atomic E-state index is 0.660. The molecule has 0 aliphatic heterocycles. The fraction of sp³-hybridized carbons (Fsp3) is 0.417. The lowest BCUT2D eigenvalue weighted by atomic mass is 10.2. The van der Waals surface area contributed by atoms with Crippen LogP contribution in [0.3, 0.4) is 0 Å². The van der Waals surface area contributed by atoms with Crippen LogP contribution in [0.25, 0.3) is 11.3 Å². The molecule has 0 spiro atoms. The Hall–Kier alpha value is -1.91. The number of hydrogen-bond acceptors (Lipinski definition) is 4. The molecule has 2 aromatic heterocycles. The van der Waals surface area contributed by atoms with Crippen molar-refractivity contribution < 1.29 is 0 Å². The zero-order chi connectivity index (χ0) is 12.1. The Morgan fingerprint density at radius 1 is 1.35 bits per heavy atom. The second-order valence-electron chi connectivity index (χ2n) is 3.79. The molecule has 2 rings (SSSR count). The average Bonchev–Trinajstić information content (AvgIpc) is 2.79. The van der Waals surface area contributed by atoms with E-state index in [4.69, 9.17) is 0 Å². The first kappa shape index (κ1) is 11.6. The summed E-state index contributed by atoms with van der Waals surface area (Å²) >= 11 is 0. The fourth-order valence-corrected chi connectivity index (χ4v) is 1.61. The topological polar surface area (TPSA) is 55.6 Å². The van der Waals surface area contributed by atoms with Crippen molar-refractivity contribution in [3.05, 3.63) is 24.7 Å². The summed E-state index contributed by atoms with van der Waals surface area (Å²) in [6, 6.07) is 1.90. The van der Waals surface area contributed by atoms with Gasteiger partial charge >= 0.3 is 0 Å². The summed E-state index contributed by atoms with van der Waals surface area (Å²) in [6.45, 7) is 5.91. The highest BCUT2D eigenvalue weighted by Gasteiger charge is 2.04. The third-order valence-electron chi connectivity index (χ3n) is 2.37. The molecule has 5 nitrogen and oxygen atoms in total. The monoisotopic (exact) mass is 231 g/mol. The Kier molecular flexibility index (Phi) is 3.69. The number of hydrogen-bond donors (Lipinski definition) is 1. The van der Waals surface area contributed by atoms with Crippen molar-refractivity contribution in [1.82, 2.24) is 19.7 Å². The van der Waals surface area contributed by atoms with Crippen LogP contribution >= 0.6 is 0 Å². The van der Waals surface area contributed by atoms with Crippen LogP contribution in [0.1, 0.15) is 20.3 Å². The van der Waals surface area contributed by atoms with Gasteiger partial charge in [0, 0.05) is 31.0 Å². The van der Waals surface area contributed by atoms with E-state index in [0.29, 0.717) is 5.95 Å². The number of nitrogens with zero attached hydrogens (tertiary/aromatic N) is 4. The highest BCUT2D eigenvalue weighted by Crippen LogP contribution is 2.16. The maximum absolute atomic E-state index is 4.43. The summed E-state index contributed by atoms with van der Waals surface area (Å²) in [5.74, 6) is 0.660. The molecule has 0 aliphatic carbocycles. The Bertz CT molecular complexity index is 477. The largest absolute Gasteiger partial charge is 0.354 e. The molecule has 0 unspecified atom stereocenters. The van der Waals surface area contributed by atoms with Crippen LogP contribution in [0.2, 0.25) is 0 Å². The van der Waals surface area contributed by atoms with E-state index in [1.54, 1.807) is 6.20 Å². The van der Waals surface area contributed by atoms with Crippen LogP contribution in [0, 0.1) is 0 Å². The molecule has 0 radical (unpaired) electrons. The number of nitrogens with one attached hydrogen (secondary N) is 1. The smallest absolute Gasteiger partial charge is 0.223 e. The van der Waals surface area contributed by atoms with Crippen LogP contribution in [0.4, 0.5) is 5.95 Å². The van der Waals surface area contributed by atoms with Crippen LogP contribution in [-0.2, 0) is 6.54 Å². The summed E-state index contributed by atoms with van der Waals surface area (Å²) in [5, 5.41) is 7.39. The van der Waals surface area contributed by atoms with Gasteiger partial charge in [-0.3, -0.25) is 4.68 Å². The van der Waals surface area contributed by atoms with Gasteiger partial charge in [-0.15, -0.1) is 0 Å². The molecule has 0 fully saturated rings. The van der Waals surface area contributed by atoms with Gasteiger partial charge in [0.25, 0.3) is 0 Å². The van der Waals surface area contributed by atoms with Crippen molar-refractivity contribution >= 4 is 5.95 Å². The van der Waals surface area contributed by atoms with Gasteiger partial charge in [-0.2, -0.15) is 5.10 Å². The van der Waals surface area contributed by atoms with E-state index in [2.05, 4.69) is 27.3 Å². The first-order chi connectivity index (χ1) is 8.33. The molecule has 0 saturated heterocycles. The number of aromatic nitrogens is 4. The Morgan fingerprint density at radius 2 is 2.24 bits per heavy atom. The molecule has 90 valence electrons. The van der Waals surface area contributed by atoms with Crippen molar-refractivity contribution in [2.24, 2.45) is 0 Å². The van der Waals surface area contributed by atoms with Crippen LogP contribution < -0.4 is 5.32 Å². The summed E-state index contributed by atoms with van der Waals surface area (Å²) in [6.07, 6.45) is 6.69. The summed E-state index contributed by atoms with van der Waals surface area (Å²) < 4.78 is 1.93. The number of rotatable bonds is 5. The number of aryl methyl sites for hydroxylation is 1. The average molecular weight is 231 g/mol. The molecule has 0 saturated carbocycles. The second-order valence-corrected chi connectivity index (χ2v) is 3.79. The molecule has 0 bridgehead atoms. The van der Waals surface area contributed by atoms with E-state index in [0.717, 1.165) is 30.8 Å². The van der Waals surface area contributed by atoms with Crippen LogP contribution in [-0.4, -0.2) is 26.3 Å². The molecule has 2 heterocycles. The molecule has 0 aliphatic rings. The van der Waals surface area contributed by atoms with E-state index in [9.17, 15) is 0 Å². The SMILES string of the molecule is CCCn1cc(-c2ccnc(NCC)n2)cn1. The van der Waals surface area contributed by atoms with Gasteiger partial charge in [0.15, 0.2) is 0 Å². The Balaban J connectivity index is 2.22. The minimum Gasteiger partial charge on any atom is -0.354 e. The number of anilines is 1. The van der Waals surface area contributed by atoms with Gasteiger partial charge < -0.3 is 5.32 Å². The summed E-state index contributed by atoms with van der Waals surface area (Å²) in [5.41, 5.74) is 1.93. The van der Waals surface area contributed by atoms with Gasteiger partial charge in [0.2, 0.25) is 5.95 Å². The van der Waals surface area contributed by atoms with E-state index in [-0.39, 0.29) is 0 Å². The van der Waals surface area contributed by atoms with E-state index in [1.165, 1.54) is 0 Å². The predicted octanol–water partition coefficient (Wildman–Crippen LogP) is 2.18. The molecule has 5 heteroatoms. The maximum atomic E-state index is 4.43. The van der Waals surface area contributed by atoms with Gasteiger partial charge in [-0.25, -0.2) is 9.97 Å². The zero-order valence-corrected chi connectivity index (χ0v) is 10.2. The molecule has 0 amide bonds. The molecule has 17 heavy (non-hydrogen) atoms. The van der Waals surface area contributed by atoms with Crippen molar-refractivity contribution in [3.63, 3.8) is 0 Å². The van der Waals surface area contributed by atoms with Crippen molar-refractivity contribution in [2.75, 3.05) is 11.9 Å². The molecular weight excluding hydrogens is 214 g/mol. The van der Waals surface area contributed by atoms with E-state index in [1.807, 2.05) is 30.1 Å². The maximum Gasteiger partial charge on any atom is 0.223 e. The molecular formula is C12H17N5. The lowest BCUT2D eigenvalue weighted by molar-refractivity contribution is 0.603. The highest BCUT2D eigenvalue weighted by atomic mass is 15.3. The molecule has 2 aromatic rings. The molecule has 1 N–H and O–H groups in total. The molecule has 0 aromatic carbocycles. The van der Waals surface area contributed by atoms with Crippen LogP contribution in [0.5, 0.6) is 0 Å². The highest BCUT2D eigenvalue weighted by molar-refractivity contribution is 5.57. The molecule has 0 atom stereocenters. The van der Waals surface area contributed by atoms with Gasteiger partial charge in [0.05, 0.1) is 11.9 Å². The Morgan fingerprint density at radius 3 is 3.00 bits per heavy atom. The fourth-order valence-electron chi connectivity index (χ4n) is 1.61. The lowest BCUT2D eigenvalue weighted by Gasteiger charge is -2.02. The third-order valence-corrected chi connectivity index (χ3v) is 2.37. The predicted molar refractivity (Wildman–Crippen MR) is 67.7 cm³/mol. The zero-order valence-electron chi connectivity index (χ0n) is 10.2. The standard InChI is InChI=1S/C12H17N5/c1-3-7-17-9-10(8-15-17)11-5-6-14-12(16-11)13-4-2/h5-6,8-9H,3-4,7H2,1-2H3,(H,13,14,16). The Labute approximate surface area is 101 Å². The first-order valence-corrected chi connectivity index (χ1v) is 5.93. The summed E-state index contributed by atoms with van der Waals surface area (Å²) in [7, 11) is 0. The van der Waals surface area contributed by atoms with Gasteiger partial charge in [-0.05, 0) is 19.4 Å². The first-order valence-electron chi connectivity index (χ1n) is 5.93. The van der Waals surface area contributed by atoms with Crippen molar-refractivity contribution in [2.45, 2.75) is 26.8 Å². The summed E-state index contributed by atoms with van der Waals surface area (Å²) in [4.78, 5) is 8.58. The van der Waals surface area contributed by atoms with Crippen LogP contribution in [0.15, 0.2) is 24.7 Å². The quantitative estimate of drug-likeness (QED) is 0.857. The lowest BCUT2D eigenvalue weighted by Crippen LogP contribution is -2.01. The third kappa shape index (κ3) is 2.81. The minimum atomic E-state index is 0.660. The van der Waals surface area contributed by atoms with E-state index < -0.39 is 0 Å². The van der Waals surface area contributed by atoms with E-state index >= 15 is 0 Å². The normalized spacial score (nSPS) is 10.5. The van der Waals surface area contributed by atoms with Gasteiger partial charge in [0.1, 0.15) is 0 Å². The van der Waals surface area contributed by atoms with Gasteiger partial charge in [-0.1, -0.05) is 6.92 Å².